The minimum absolute atomic E-state index is 0.373. The van der Waals surface area contributed by atoms with Gasteiger partial charge in [0, 0.05) is 19.8 Å². The van der Waals surface area contributed by atoms with Gasteiger partial charge in [-0.1, -0.05) is 26.8 Å². The number of hydrogen-bond donors (Lipinski definition) is 1. The monoisotopic (exact) mass is 207 g/mol. The Morgan fingerprint density at radius 1 is 1.33 bits per heavy atom. The number of hydrazine groups is 1. The average Bonchev–Trinajstić information content (AvgIpc) is 2.17. The molecule has 3 nitrogen and oxygen atoms in total. The van der Waals surface area contributed by atoms with Crippen molar-refractivity contribution in [2.75, 3.05) is 18.6 Å². The van der Waals surface area contributed by atoms with Gasteiger partial charge in [0.15, 0.2) is 0 Å². The molecular formula is C12H21N3. The second-order valence-electron chi connectivity index (χ2n) is 4.97. The summed E-state index contributed by atoms with van der Waals surface area (Å²) in [4.78, 5) is 4.26. The summed E-state index contributed by atoms with van der Waals surface area (Å²) in [6, 6.07) is 5.90. The molecule has 0 aliphatic heterocycles. The zero-order valence-corrected chi connectivity index (χ0v) is 10.1. The summed E-state index contributed by atoms with van der Waals surface area (Å²) in [5.74, 6) is 0.950. The van der Waals surface area contributed by atoms with Crippen LogP contribution in [-0.4, -0.2) is 18.6 Å². The molecule has 0 aromatic carbocycles. The molecule has 1 heterocycles. The summed E-state index contributed by atoms with van der Waals surface area (Å²) in [6.45, 7) is 7.71. The molecule has 0 unspecified atom stereocenters. The first-order valence-corrected chi connectivity index (χ1v) is 5.37. The molecule has 0 bridgehead atoms. The number of rotatable bonds is 4. The van der Waals surface area contributed by atoms with E-state index in [2.05, 4.69) is 31.2 Å². The topological polar surface area (TPSA) is 28.2 Å². The van der Waals surface area contributed by atoms with Gasteiger partial charge in [-0.25, -0.2) is 10.4 Å². The van der Waals surface area contributed by atoms with Crippen LogP contribution in [0.1, 0.15) is 27.2 Å². The van der Waals surface area contributed by atoms with E-state index in [0.717, 1.165) is 18.8 Å². The fraction of sp³-hybridized carbons (Fsp3) is 0.583. The van der Waals surface area contributed by atoms with Crippen molar-refractivity contribution in [3.8, 4) is 0 Å². The Bertz CT molecular complexity index is 277. The van der Waals surface area contributed by atoms with Gasteiger partial charge in [0.2, 0.25) is 0 Å². The van der Waals surface area contributed by atoms with Gasteiger partial charge in [-0.15, -0.1) is 0 Å². The predicted octanol–water partition coefficient (Wildman–Crippen LogP) is 2.46. The molecule has 0 aliphatic carbocycles. The molecule has 1 aromatic heterocycles. The Labute approximate surface area is 92.5 Å². The van der Waals surface area contributed by atoms with E-state index in [1.54, 1.807) is 6.20 Å². The highest BCUT2D eigenvalue weighted by Crippen LogP contribution is 2.17. The zero-order valence-electron chi connectivity index (χ0n) is 10.1. The number of nitrogens with one attached hydrogen (secondary N) is 1. The minimum Gasteiger partial charge on any atom is -0.295 e. The lowest BCUT2D eigenvalue weighted by atomic mass is 9.93. The molecule has 3 heteroatoms. The third-order valence-corrected chi connectivity index (χ3v) is 2.22. The van der Waals surface area contributed by atoms with Crippen molar-refractivity contribution < 1.29 is 0 Å². The molecule has 0 atom stereocenters. The van der Waals surface area contributed by atoms with Crippen molar-refractivity contribution in [1.29, 1.82) is 0 Å². The lowest BCUT2D eigenvalue weighted by molar-refractivity contribution is 0.366. The summed E-state index contributed by atoms with van der Waals surface area (Å²) in [5, 5.41) is 1.96. The molecule has 0 saturated heterocycles. The molecule has 0 aliphatic rings. The van der Waals surface area contributed by atoms with Gasteiger partial charge in [-0.2, -0.15) is 0 Å². The maximum Gasteiger partial charge on any atom is 0.142 e. The van der Waals surface area contributed by atoms with E-state index in [1.165, 1.54) is 0 Å². The van der Waals surface area contributed by atoms with Crippen LogP contribution >= 0.6 is 0 Å². The molecular weight excluding hydrogens is 186 g/mol. The molecule has 0 fully saturated rings. The van der Waals surface area contributed by atoms with Crippen LogP contribution in [0.4, 0.5) is 5.82 Å². The second kappa shape index (κ2) is 5.12. The largest absolute Gasteiger partial charge is 0.295 e. The van der Waals surface area contributed by atoms with Crippen molar-refractivity contribution in [2.45, 2.75) is 27.2 Å². The molecule has 15 heavy (non-hydrogen) atoms. The number of nitrogens with zero attached hydrogens (tertiary/aromatic N) is 2. The summed E-state index contributed by atoms with van der Waals surface area (Å²) in [5.41, 5.74) is 3.70. The highest BCUT2D eigenvalue weighted by Gasteiger charge is 2.09. The van der Waals surface area contributed by atoms with Crippen molar-refractivity contribution in [3.63, 3.8) is 0 Å². The van der Waals surface area contributed by atoms with Crippen LogP contribution in [0.2, 0.25) is 0 Å². The van der Waals surface area contributed by atoms with Crippen LogP contribution in [0.5, 0.6) is 0 Å². The Morgan fingerprint density at radius 3 is 2.60 bits per heavy atom. The van der Waals surface area contributed by atoms with Crippen LogP contribution in [0, 0.1) is 5.41 Å². The molecule has 0 spiro atoms. The van der Waals surface area contributed by atoms with Crippen molar-refractivity contribution >= 4 is 5.82 Å². The Balaban J connectivity index is 2.34. The van der Waals surface area contributed by atoms with Crippen LogP contribution in [0.3, 0.4) is 0 Å². The standard InChI is InChI=1S/C12H21N3/c1-12(2,3)8-10-14-15(4)11-7-5-6-9-13-11/h5-7,9,14H,8,10H2,1-4H3. The summed E-state index contributed by atoms with van der Waals surface area (Å²) in [7, 11) is 1.99. The first-order chi connectivity index (χ1) is 6.99. The van der Waals surface area contributed by atoms with Crippen LogP contribution in [0.15, 0.2) is 24.4 Å². The average molecular weight is 207 g/mol. The molecule has 0 saturated carbocycles. The Hall–Kier alpha value is -1.09. The highest BCUT2D eigenvalue weighted by atomic mass is 15.5. The van der Waals surface area contributed by atoms with Crippen LogP contribution in [-0.2, 0) is 0 Å². The number of anilines is 1. The molecule has 84 valence electrons. The third kappa shape index (κ3) is 4.79. The summed E-state index contributed by atoms with van der Waals surface area (Å²) >= 11 is 0. The maximum absolute atomic E-state index is 4.26. The summed E-state index contributed by atoms with van der Waals surface area (Å²) in [6.07, 6.45) is 2.95. The number of aromatic nitrogens is 1. The smallest absolute Gasteiger partial charge is 0.142 e. The second-order valence-corrected chi connectivity index (χ2v) is 4.97. The molecule has 0 radical (unpaired) electrons. The lowest BCUT2D eigenvalue weighted by Crippen LogP contribution is -2.36. The van der Waals surface area contributed by atoms with Gasteiger partial charge in [0.25, 0.3) is 0 Å². The minimum atomic E-state index is 0.373. The van der Waals surface area contributed by atoms with Gasteiger partial charge in [0.1, 0.15) is 5.82 Å². The van der Waals surface area contributed by atoms with Gasteiger partial charge >= 0.3 is 0 Å². The normalized spacial score (nSPS) is 11.5. The van der Waals surface area contributed by atoms with Gasteiger partial charge in [-0.3, -0.25) is 5.01 Å². The van der Waals surface area contributed by atoms with Crippen LogP contribution < -0.4 is 10.4 Å². The quantitative estimate of drug-likeness (QED) is 0.769. The van der Waals surface area contributed by atoms with Gasteiger partial charge in [-0.05, 0) is 24.0 Å². The SMILES string of the molecule is CN(NCCC(C)(C)C)c1ccccn1. The van der Waals surface area contributed by atoms with E-state index in [9.17, 15) is 0 Å². The first kappa shape index (κ1) is 12.0. The van der Waals surface area contributed by atoms with Gasteiger partial charge in [0.05, 0.1) is 0 Å². The number of hydrogen-bond acceptors (Lipinski definition) is 3. The maximum atomic E-state index is 4.26. The molecule has 0 amide bonds. The highest BCUT2D eigenvalue weighted by molar-refractivity contribution is 5.34. The van der Waals surface area contributed by atoms with E-state index in [1.807, 2.05) is 30.3 Å². The fourth-order valence-corrected chi connectivity index (χ4v) is 1.23. The third-order valence-electron chi connectivity index (χ3n) is 2.22. The fourth-order valence-electron chi connectivity index (χ4n) is 1.23. The van der Waals surface area contributed by atoms with E-state index in [0.29, 0.717) is 5.41 Å². The molecule has 1 N–H and O–H groups in total. The van der Waals surface area contributed by atoms with Gasteiger partial charge < -0.3 is 0 Å². The van der Waals surface area contributed by atoms with Crippen molar-refractivity contribution in [2.24, 2.45) is 5.41 Å². The lowest BCUT2D eigenvalue weighted by Gasteiger charge is -2.23. The van der Waals surface area contributed by atoms with Crippen LogP contribution in [0.25, 0.3) is 0 Å². The molecule has 1 rings (SSSR count). The van der Waals surface area contributed by atoms with E-state index in [-0.39, 0.29) is 0 Å². The first-order valence-electron chi connectivity index (χ1n) is 5.37. The predicted molar refractivity (Wildman–Crippen MR) is 64.7 cm³/mol. The van der Waals surface area contributed by atoms with Crippen molar-refractivity contribution in [3.05, 3.63) is 24.4 Å². The Morgan fingerprint density at radius 2 is 2.07 bits per heavy atom. The van der Waals surface area contributed by atoms with E-state index < -0.39 is 0 Å². The summed E-state index contributed by atoms with van der Waals surface area (Å²) < 4.78 is 0. The van der Waals surface area contributed by atoms with E-state index in [4.69, 9.17) is 0 Å². The Kier molecular flexibility index (Phi) is 4.09. The van der Waals surface area contributed by atoms with Crippen molar-refractivity contribution in [1.82, 2.24) is 10.4 Å². The number of pyridine rings is 1. The zero-order chi connectivity index (χ0) is 11.3. The molecule has 1 aromatic rings. The van der Waals surface area contributed by atoms with E-state index >= 15 is 0 Å².